The van der Waals surface area contributed by atoms with E-state index in [9.17, 15) is 13.2 Å². The largest absolute Gasteiger partial charge is 0.461 e. The summed E-state index contributed by atoms with van der Waals surface area (Å²) < 4.78 is 32.9. The van der Waals surface area contributed by atoms with E-state index in [2.05, 4.69) is 10.5 Å². The minimum atomic E-state index is -2.93. The molecule has 0 bridgehead atoms. The van der Waals surface area contributed by atoms with Crippen LogP contribution in [0.25, 0.3) is 11.5 Å². The molecule has 3 heterocycles. The predicted molar refractivity (Wildman–Crippen MR) is 73.3 cm³/mol. The summed E-state index contributed by atoms with van der Waals surface area (Å²) in [5.74, 6) is 0.762. The average molecular weight is 310 g/mol. The molecule has 2 aromatic rings. The number of nitrogens with zero attached hydrogens (tertiary/aromatic N) is 1. The molecule has 0 unspecified atom stereocenters. The first kappa shape index (κ1) is 13.9. The highest BCUT2D eigenvalue weighted by Crippen LogP contribution is 2.21. The number of carbonyl (C=O) groups is 1. The topological polar surface area (TPSA) is 102 Å². The van der Waals surface area contributed by atoms with Crippen LogP contribution < -0.4 is 5.32 Å². The number of aromatic nitrogens is 1. The third-order valence-electron chi connectivity index (χ3n) is 3.38. The van der Waals surface area contributed by atoms with Crippen molar-refractivity contribution >= 4 is 15.7 Å². The van der Waals surface area contributed by atoms with Crippen LogP contribution in [0.4, 0.5) is 0 Å². The van der Waals surface area contributed by atoms with Gasteiger partial charge in [-0.3, -0.25) is 4.79 Å². The van der Waals surface area contributed by atoms with E-state index < -0.39 is 9.84 Å². The maximum Gasteiger partial charge on any atom is 0.273 e. The zero-order valence-electron chi connectivity index (χ0n) is 11.1. The second kappa shape index (κ2) is 5.36. The van der Waals surface area contributed by atoms with Gasteiger partial charge in [0.1, 0.15) is 0 Å². The molecular formula is C13H14N2O5S. The van der Waals surface area contributed by atoms with Crippen molar-refractivity contribution in [2.24, 2.45) is 5.92 Å². The van der Waals surface area contributed by atoms with Gasteiger partial charge in [0, 0.05) is 12.6 Å². The van der Waals surface area contributed by atoms with Crippen LogP contribution in [0.15, 0.2) is 33.4 Å². The Hall–Kier alpha value is -2.09. The van der Waals surface area contributed by atoms with Crippen molar-refractivity contribution in [2.75, 3.05) is 18.1 Å². The highest BCUT2D eigenvalue weighted by atomic mass is 32.2. The number of rotatable bonds is 4. The summed E-state index contributed by atoms with van der Waals surface area (Å²) in [7, 11) is -2.93. The standard InChI is InChI=1S/C13H14N2O5S/c16-13(14-7-9-3-5-21(17,18)8-9)10-6-12(20-15-10)11-2-1-4-19-11/h1-2,4,6,9H,3,5,7-8H2,(H,14,16)/t9-/m1/s1. The molecule has 1 aliphatic rings. The molecule has 1 atom stereocenters. The molecule has 8 heteroatoms. The molecule has 3 rings (SSSR count). The number of nitrogens with one attached hydrogen (secondary N) is 1. The smallest absolute Gasteiger partial charge is 0.273 e. The van der Waals surface area contributed by atoms with Crippen LogP contribution in [0.1, 0.15) is 16.9 Å². The second-order valence-electron chi connectivity index (χ2n) is 5.03. The molecule has 2 aromatic heterocycles. The molecule has 0 saturated carbocycles. The van der Waals surface area contributed by atoms with Crippen molar-refractivity contribution in [1.82, 2.24) is 10.5 Å². The molecule has 7 nitrogen and oxygen atoms in total. The Morgan fingerprint density at radius 3 is 2.95 bits per heavy atom. The summed E-state index contributed by atoms with van der Waals surface area (Å²) in [5, 5.41) is 6.36. The zero-order chi connectivity index (χ0) is 14.9. The Bertz CT molecular complexity index is 732. The molecule has 0 radical (unpaired) electrons. The van der Waals surface area contributed by atoms with E-state index in [1.165, 1.54) is 12.3 Å². The molecular weight excluding hydrogens is 296 g/mol. The third-order valence-corrected chi connectivity index (χ3v) is 5.22. The van der Waals surface area contributed by atoms with Gasteiger partial charge in [-0.2, -0.15) is 0 Å². The lowest BCUT2D eigenvalue weighted by Gasteiger charge is -2.07. The normalized spacial score (nSPS) is 20.5. The third kappa shape index (κ3) is 3.15. The van der Waals surface area contributed by atoms with Gasteiger partial charge >= 0.3 is 0 Å². The van der Waals surface area contributed by atoms with Crippen LogP contribution in [0.5, 0.6) is 0 Å². The highest BCUT2D eigenvalue weighted by Gasteiger charge is 2.28. The fraction of sp³-hybridized carbons (Fsp3) is 0.385. The van der Waals surface area contributed by atoms with Crippen molar-refractivity contribution in [3.05, 3.63) is 30.2 Å². The van der Waals surface area contributed by atoms with E-state index in [1.807, 2.05) is 0 Å². The molecule has 0 aromatic carbocycles. The van der Waals surface area contributed by atoms with Gasteiger partial charge in [-0.15, -0.1) is 0 Å². The van der Waals surface area contributed by atoms with Crippen LogP contribution in [-0.4, -0.2) is 37.5 Å². The molecule has 1 amide bonds. The zero-order valence-corrected chi connectivity index (χ0v) is 11.9. The van der Waals surface area contributed by atoms with Gasteiger partial charge in [0.2, 0.25) is 5.76 Å². The molecule has 1 N–H and O–H groups in total. The highest BCUT2D eigenvalue weighted by molar-refractivity contribution is 7.91. The summed E-state index contributed by atoms with van der Waals surface area (Å²) in [6.07, 6.45) is 2.08. The van der Waals surface area contributed by atoms with E-state index >= 15 is 0 Å². The van der Waals surface area contributed by atoms with Crippen molar-refractivity contribution in [3.63, 3.8) is 0 Å². The van der Waals surface area contributed by atoms with Crippen molar-refractivity contribution in [3.8, 4) is 11.5 Å². The lowest BCUT2D eigenvalue weighted by atomic mass is 10.1. The van der Waals surface area contributed by atoms with E-state index in [0.29, 0.717) is 24.5 Å². The van der Waals surface area contributed by atoms with Gasteiger partial charge in [-0.05, 0) is 24.5 Å². The number of sulfone groups is 1. The first-order valence-corrected chi connectivity index (χ1v) is 8.35. The van der Waals surface area contributed by atoms with E-state index in [4.69, 9.17) is 8.94 Å². The molecule has 21 heavy (non-hydrogen) atoms. The van der Waals surface area contributed by atoms with Crippen LogP contribution in [-0.2, 0) is 9.84 Å². The van der Waals surface area contributed by atoms with Crippen molar-refractivity contribution in [2.45, 2.75) is 6.42 Å². The minimum absolute atomic E-state index is 0.0320. The first-order chi connectivity index (χ1) is 10.0. The molecule has 1 saturated heterocycles. The number of hydrogen-bond donors (Lipinski definition) is 1. The quantitative estimate of drug-likeness (QED) is 0.907. The first-order valence-electron chi connectivity index (χ1n) is 6.53. The minimum Gasteiger partial charge on any atom is -0.461 e. The molecule has 0 spiro atoms. The van der Waals surface area contributed by atoms with E-state index in [1.54, 1.807) is 12.1 Å². The number of carbonyl (C=O) groups excluding carboxylic acids is 1. The number of furan rings is 1. The Kier molecular flexibility index (Phi) is 3.54. The summed E-state index contributed by atoms with van der Waals surface area (Å²) in [4.78, 5) is 11.9. The SMILES string of the molecule is O=C(NC[C@H]1CCS(=O)(=O)C1)c1cc(-c2ccco2)on1. The second-order valence-corrected chi connectivity index (χ2v) is 7.26. The van der Waals surface area contributed by atoms with Gasteiger partial charge in [0.25, 0.3) is 5.91 Å². The molecule has 1 fully saturated rings. The van der Waals surface area contributed by atoms with Crippen LogP contribution >= 0.6 is 0 Å². The maximum atomic E-state index is 11.9. The Labute approximate surface area is 121 Å². The lowest BCUT2D eigenvalue weighted by molar-refractivity contribution is 0.0939. The maximum absolute atomic E-state index is 11.9. The molecule has 0 aliphatic carbocycles. The van der Waals surface area contributed by atoms with Crippen LogP contribution in [0.3, 0.4) is 0 Å². The van der Waals surface area contributed by atoms with Gasteiger partial charge in [0.05, 0.1) is 17.8 Å². The van der Waals surface area contributed by atoms with Crippen LogP contribution in [0, 0.1) is 5.92 Å². The summed E-state index contributed by atoms with van der Waals surface area (Å²) >= 11 is 0. The fourth-order valence-corrected chi connectivity index (χ4v) is 4.14. The average Bonchev–Trinajstić information content (AvgIpc) is 3.15. The van der Waals surface area contributed by atoms with Gasteiger partial charge < -0.3 is 14.3 Å². The summed E-state index contributed by atoms with van der Waals surface area (Å²) in [6, 6.07) is 4.89. The fourth-order valence-electron chi connectivity index (χ4n) is 2.28. The van der Waals surface area contributed by atoms with Crippen LogP contribution in [0.2, 0.25) is 0 Å². The molecule has 1 aliphatic heterocycles. The Balaban J connectivity index is 1.59. The summed E-state index contributed by atoms with van der Waals surface area (Å²) in [6.45, 7) is 0.320. The van der Waals surface area contributed by atoms with E-state index in [-0.39, 0.29) is 29.0 Å². The number of hydrogen-bond acceptors (Lipinski definition) is 6. The predicted octanol–water partition coefficient (Wildman–Crippen LogP) is 1.10. The Morgan fingerprint density at radius 2 is 2.29 bits per heavy atom. The van der Waals surface area contributed by atoms with Gasteiger partial charge in [-0.25, -0.2) is 8.42 Å². The van der Waals surface area contributed by atoms with Crippen molar-refractivity contribution in [1.29, 1.82) is 0 Å². The Morgan fingerprint density at radius 1 is 1.43 bits per heavy atom. The molecule has 112 valence electrons. The monoisotopic (exact) mass is 310 g/mol. The summed E-state index contributed by atoms with van der Waals surface area (Å²) in [5.41, 5.74) is 0.141. The van der Waals surface area contributed by atoms with E-state index in [0.717, 1.165) is 0 Å². The van der Waals surface area contributed by atoms with Gasteiger partial charge in [0.15, 0.2) is 21.3 Å². The number of amides is 1. The van der Waals surface area contributed by atoms with Gasteiger partial charge in [-0.1, -0.05) is 5.16 Å². The lowest BCUT2D eigenvalue weighted by Crippen LogP contribution is -2.30. The van der Waals surface area contributed by atoms with Crippen molar-refractivity contribution < 1.29 is 22.2 Å².